The van der Waals surface area contributed by atoms with E-state index in [-0.39, 0.29) is 30.7 Å². The molecule has 0 unspecified atom stereocenters. The van der Waals surface area contributed by atoms with E-state index in [1.54, 1.807) is 23.1 Å². The highest BCUT2D eigenvalue weighted by atomic mass is 16.7. The average molecular weight is 397 g/mol. The second kappa shape index (κ2) is 7.74. The summed E-state index contributed by atoms with van der Waals surface area (Å²) >= 11 is 0. The van der Waals surface area contributed by atoms with Gasteiger partial charge in [-0.2, -0.15) is 10.1 Å². The Kier molecular flexibility index (Phi) is 4.98. The summed E-state index contributed by atoms with van der Waals surface area (Å²) in [5.74, 6) is 1.56. The van der Waals surface area contributed by atoms with E-state index in [1.807, 2.05) is 13.8 Å². The van der Waals surface area contributed by atoms with Gasteiger partial charge in [0.05, 0.1) is 0 Å². The van der Waals surface area contributed by atoms with Crippen molar-refractivity contribution in [3.05, 3.63) is 40.7 Å². The Morgan fingerprint density at radius 1 is 1.14 bits per heavy atom. The first-order valence-corrected chi connectivity index (χ1v) is 9.19. The molecule has 0 bridgehead atoms. The molecule has 0 spiro atoms. The molecule has 150 valence electrons. The zero-order valence-electron chi connectivity index (χ0n) is 16.0. The van der Waals surface area contributed by atoms with Gasteiger partial charge >= 0.3 is 0 Å². The van der Waals surface area contributed by atoms with Gasteiger partial charge in [-0.05, 0) is 38.1 Å². The molecule has 29 heavy (non-hydrogen) atoms. The summed E-state index contributed by atoms with van der Waals surface area (Å²) < 4.78 is 17.1. The molecule has 3 aromatic rings. The van der Waals surface area contributed by atoms with Crippen LogP contribution in [0.15, 0.2) is 39.6 Å². The number of hydrogen-bond acceptors (Lipinski definition) is 8. The minimum absolute atomic E-state index is 0.140. The molecule has 0 saturated carbocycles. The summed E-state index contributed by atoms with van der Waals surface area (Å²) in [5.41, 5.74) is 0.607. The molecule has 3 heterocycles. The number of carbonyl (C=O) groups excluding carboxylic acids is 1. The maximum absolute atomic E-state index is 12.3. The Morgan fingerprint density at radius 3 is 2.72 bits per heavy atom. The van der Waals surface area contributed by atoms with Crippen LogP contribution in [-0.4, -0.2) is 50.6 Å². The standard InChI is InChI=1S/C19H19N5O5/c1-3-23(4-2)17(26)10-24-16(25)8-6-13(21-24)19-20-18(22-29-19)12-5-7-14-15(9-12)28-11-27-14/h5-9H,3-4,10-11H2,1-2H3. The first-order valence-electron chi connectivity index (χ1n) is 9.19. The van der Waals surface area contributed by atoms with Gasteiger partial charge in [0.2, 0.25) is 18.5 Å². The van der Waals surface area contributed by atoms with Crippen LogP contribution in [0.1, 0.15) is 13.8 Å². The molecular formula is C19H19N5O5. The van der Waals surface area contributed by atoms with Crippen molar-refractivity contribution in [2.24, 2.45) is 0 Å². The van der Waals surface area contributed by atoms with E-state index < -0.39 is 0 Å². The molecule has 1 aliphatic heterocycles. The minimum atomic E-state index is -0.384. The lowest BCUT2D eigenvalue weighted by atomic mass is 10.2. The van der Waals surface area contributed by atoms with Crippen LogP contribution in [0.3, 0.4) is 0 Å². The number of rotatable bonds is 6. The molecule has 0 radical (unpaired) electrons. The molecular weight excluding hydrogens is 378 g/mol. The van der Waals surface area contributed by atoms with Gasteiger partial charge in [0.15, 0.2) is 11.5 Å². The Bertz CT molecular complexity index is 1100. The highest BCUT2D eigenvalue weighted by Crippen LogP contribution is 2.35. The van der Waals surface area contributed by atoms with Crippen LogP contribution in [0, 0.1) is 0 Å². The Labute approximate surface area is 165 Å². The van der Waals surface area contributed by atoms with Crippen LogP contribution >= 0.6 is 0 Å². The van der Waals surface area contributed by atoms with E-state index >= 15 is 0 Å². The molecule has 0 saturated heterocycles. The zero-order valence-corrected chi connectivity index (χ0v) is 16.0. The summed E-state index contributed by atoms with van der Waals surface area (Å²) in [6.45, 7) is 4.90. The van der Waals surface area contributed by atoms with Gasteiger partial charge < -0.3 is 18.9 Å². The van der Waals surface area contributed by atoms with Crippen molar-refractivity contribution in [3.63, 3.8) is 0 Å². The predicted molar refractivity (Wildman–Crippen MR) is 101 cm³/mol. The topological polar surface area (TPSA) is 113 Å². The monoisotopic (exact) mass is 397 g/mol. The van der Waals surface area contributed by atoms with Crippen LogP contribution in [0.25, 0.3) is 23.0 Å². The van der Waals surface area contributed by atoms with Crippen molar-refractivity contribution in [3.8, 4) is 34.5 Å². The molecule has 1 aromatic carbocycles. The van der Waals surface area contributed by atoms with E-state index in [4.69, 9.17) is 14.0 Å². The maximum Gasteiger partial charge on any atom is 0.278 e. The fourth-order valence-electron chi connectivity index (χ4n) is 2.96. The van der Waals surface area contributed by atoms with Crippen molar-refractivity contribution in [2.75, 3.05) is 19.9 Å². The fraction of sp³-hybridized carbons (Fsp3) is 0.316. The number of amides is 1. The van der Waals surface area contributed by atoms with Crippen molar-refractivity contribution < 1.29 is 18.8 Å². The summed E-state index contributed by atoms with van der Waals surface area (Å²) in [6.07, 6.45) is 0. The Hall–Kier alpha value is -3.69. The number of ether oxygens (including phenoxy) is 2. The second-order valence-corrected chi connectivity index (χ2v) is 6.27. The predicted octanol–water partition coefficient (Wildman–Crippen LogP) is 1.56. The summed E-state index contributed by atoms with van der Waals surface area (Å²) in [7, 11) is 0. The van der Waals surface area contributed by atoms with Gasteiger partial charge in [-0.25, -0.2) is 4.68 Å². The molecule has 0 aliphatic carbocycles. The van der Waals surface area contributed by atoms with Crippen molar-refractivity contribution in [1.82, 2.24) is 24.8 Å². The SMILES string of the molecule is CCN(CC)C(=O)Cn1nc(-c2nc(-c3ccc4c(c3)OCO4)no2)ccc1=O. The van der Waals surface area contributed by atoms with E-state index in [9.17, 15) is 9.59 Å². The number of likely N-dealkylation sites (N-methyl/N-ethyl adjacent to an activating group) is 1. The minimum Gasteiger partial charge on any atom is -0.454 e. The van der Waals surface area contributed by atoms with Crippen molar-refractivity contribution in [1.29, 1.82) is 0 Å². The van der Waals surface area contributed by atoms with Gasteiger partial charge in [0.1, 0.15) is 12.2 Å². The van der Waals surface area contributed by atoms with E-state index in [1.165, 1.54) is 12.1 Å². The highest BCUT2D eigenvalue weighted by molar-refractivity contribution is 5.75. The maximum atomic E-state index is 12.3. The normalized spacial score (nSPS) is 12.2. The van der Waals surface area contributed by atoms with Gasteiger partial charge in [-0.15, -0.1) is 0 Å². The van der Waals surface area contributed by atoms with Crippen LogP contribution in [0.5, 0.6) is 11.5 Å². The lowest BCUT2D eigenvalue weighted by Gasteiger charge is -2.18. The molecule has 1 aliphatic rings. The second-order valence-electron chi connectivity index (χ2n) is 6.27. The van der Waals surface area contributed by atoms with E-state index in [2.05, 4.69) is 15.2 Å². The van der Waals surface area contributed by atoms with Crippen LogP contribution in [0.2, 0.25) is 0 Å². The largest absolute Gasteiger partial charge is 0.454 e. The number of aromatic nitrogens is 4. The molecule has 1 amide bonds. The summed E-state index contributed by atoms with van der Waals surface area (Å²) in [5, 5.41) is 8.19. The van der Waals surface area contributed by atoms with Gasteiger partial charge in [-0.3, -0.25) is 9.59 Å². The van der Waals surface area contributed by atoms with Crippen LogP contribution in [0.4, 0.5) is 0 Å². The van der Waals surface area contributed by atoms with Crippen LogP contribution in [-0.2, 0) is 11.3 Å². The molecule has 2 aromatic heterocycles. The number of benzene rings is 1. The first kappa shape index (κ1) is 18.7. The van der Waals surface area contributed by atoms with E-state index in [0.29, 0.717) is 41.7 Å². The number of hydrogen-bond donors (Lipinski definition) is 0. The summed E-state index contributed by atoms with van der Waals surface area (Å²) in [6, 6.07) is 8.12. The molecule has 0 N–H and O–H groups in total. The van der Waals surface area contributed by atoms with Crippen LogP contribution < -0.4 is 15.0 Å². The third-order valence-corrected chi connectivity index (χ3v) is 4.54. The number of nitrogens with zero attached hydrogens (tertiary/aromatic N) is 5. The molecule has 0 atom stereocenters. The third kappa shape index (κ3) is 3.68. The quantitative estimate of drug-likeness (QED) is 0.616. The fourth-order valence-corrected chi connectivity index (χ4v) is 2.96. The highest BCUT2D eigenvalue weighted by Gasteiger charge is 2.18. The molecule has 4 rings (SSSR count). The van der Waals surface area contributed by atoms with Gasteiger partial charge in [0, 0.05) is 24.7 Å². The lowest BCUT2D eigenvalue weighted by Crippen LogP contribution is -2.37. The average Bonchev–Trinajstić information content (AvgIpc) is 3.39. The summed E-state index contributed by atoms with van der Waals surface area (Å²) in [4.78, 5) is 30.4. The van der Waals surface area contributed by atoms with Gasteiger partial charge in [-0.1, -0.05) is 5.16 Å². The van der Waals surface area contributed by atoms with Gasteiger partial charge in [0.25, 0.3) is 11.4 Å². The lowest BCUT2D eigenvalue weighted by molar-refractivity contribution is -0.131. The molecule has 0 fully saturated rings. The smallest absolute Gasteiger partial charge is 0.278 e. The Balaban J connectivity index is 1.60. The molecule has 10 heteroatoms. The Morgan fingerprint density at radius 2 is 1.93 bits per heavy atom. The van der Waals surface area contributed by atoms with Crippen molar-refractivity contribution in [2.45, 2.75) is 20.4 Å². The molecule has 10 nitrogen and oxygen atoms in total. The van der Waals surface area contributed by atoms with Crippen molar-refractivity contribution >= 4 is 5.91 Å². The van der Waals surface area contributed by atoms with E-state index in [0.717, 1.165) is 4.68 Å². The first-order chi connectivity index (χ1) is 14.1. The third-order valence-electron chi connectivity index (χ3n) is 4.54. The zero-order chi connectivity index (χ0) is 20.4. The number of fused-ring (bicyclic) bond motifs is 1. The number of carbonyl (C=O) groups is 1.